The fourth-order valence-corrected chi connectivity index (χ4v) is 4.20. The molecule has 0 radical (unpaired) electrons. The lowest BCUT2D eigenvalue weighted by Crippen LogP contribution is -2.39. The van der Waals surface area contributed by atoms with Crippen molar-refractivity contribution in [3.8, 4) is 0 Å². The average molecular weight is 422 g/mol. The Balaban J connectivity index is 1.67. The Kier molecular flexibility index (Phi) is 5.69. The van der Waals surface area contributed by atoms with E-state index in [4.69, 9.17) is 4.74 Å². The number of cyclic esters (lactones) is 1. The van der Waals surface area contributed by atoms with Gasteiger partial charge in [0.1, 0.15) is 18.0 Å². The van der Waals surface area contributed by atoms with Crippen molar-refractivity contribution in [1.82, 2.24) is 4.90 Å². The van der Waals surface area contributed by atoms with E-state index in [1.165, 1.54) is 29.2 Å². The molecule has 2 saturated heterocycles. The van der Waals surface area contributed by atoms with Gasteiger partial charge in [0.15, 0.2) is 0 Å². The highest BCUT2D eigenvalue weighted by Gasteiger charge is 2.44. The van der Waals surface area contributed by atoms with Gasteiger partial charge in [0.05, 0.1) is 5.56 Å². The van der Waals surface area contributed by atoms with Crippen molar-refractivity contribution >= 4 is 11.8 Å². The summed E-state index contributed by atoms with van der Waals surface area (Å²) >= 11 is 0. The summed E-state index contributed by atoms with van der Waals surface area (Å²) in [7, 11) is 0. The fraction of sp³-hybridized carbons (Fsp3) is 0.409. The number of carbonyl (C=O) groups excluding carboxylic acids is 1. The van der Waals surface area contributed by atoms with Crippen molar-refractivity contribution in [1.29, 1.82) is 0 Å². The predicted octanol–water partition coefficient (Wildman–Crippen LogP) is 5.40. The summed E-state index contributed by atoms with van der Waals surface area (Å²) in [5, 5.41) is 0. The van der Waals surface area contributed by atoms with Gasteiger partial charge in [-0.1, -0.05) is 18.6 Å². The van der Waals surface area contributed by atoms with E-state index in [0.29, 0.717) is 12.1 Å². The van der Waals surface area contributed by atoms with Gasteiger partial charge >= 0.3 is 12.3 Å². The number of carbonyl (C=O) groups is 1. The minimum atomic E-state index is -4.47. The molecular weight excluding hydrogens is 400 g/mol. The Morgan fingerprint density at radius 2 is 1.70 bits per heavy atom. The van der Waals surface area contributed by atoms with Crippen LogP contribution in [0.1, 0.15) is 36.4 Å². The molecule has 2 aliphatic heterocycles. The van der Waals surface area contributed by atoms with Crippen LogP contribution in [0.2, 0.25) is 0 Å². The highest BCUT2D eigenvalue weighted by Crippen LogP contribution is 2.39. The van der Waals surface area contributed by atoms with E-state index in [-0.39, 0.29) is 5.69 Å². The molecule has 4 rings (SSSR count). The van der Waals surface area contributed by atoms with Crippen molar-refractivity contribution in [3.05, 3.63) is 65.5 Å². The molecule has 0 aromatic heterocycles. The normalized spacial score (nSPS) is 22.9. The van der Waals surface area contributed by atoms with Gasteiger partial charge in [0, 0.05) is 12.2 Å². The topological polar surface area (TPSA) is 32.8 Å². The van der Waals surface area contributed by atoms with Crippen LogP contribution in [0.15, 0.2) is 48.5 Å². The van der Waals surface area contributed by atoms with Crippen LogP contribution in [0.5, 0.6) is 0 Å². The molecule has 2 heterocycles. The number of benzene rings is 2. The zero-order valence-electron chi connectivity index (χ0n) is 16.2. The standard InChI is InChI=1S/C22H22F4N2O2/c23-17-6-4-5-15(13-17)20-19(14-27-11-2-1-3-12-27)30-21(29)28(20)18-9-7-16(8-10-18)22(24,25)26/h4-10,13,19-20H,1-3,11-12,14H2/t19-,20-/m0/s1. The Labute approximate surface area is 172 Å². The average Bonchev–Trinajstić information content (AvgIpc) is 3.04. The highest BCUT2D eigenvalue weighted by atomic mass is 19.4. The van der Waals surface area contributed by atoms with Crippen LogP contribution in [-0.2, 0) is 10.9 Å². The molecule has 0 N–H and O–H groups in total. The summed E-state index contributed by atoms with van der Waals surface area (Å²) in [6.07, 6.45) is -2.39. The lowest BCUT2D eigenvalue weighted by Gasteiger charge is -2.31. The zero-order chi connectivity index (χ0) is 21.3. The van der Waals surface area contributed by atoms with Crippen molar-refractivity contribution in [3.63, 3.8) is 0 Å². The first-order valence-electron chi connectivity index (χ1n) is 9.98. The lowest BCUT2D eigenvalue weighted by atomic mass is 9.98. The second-order valence-electron chi connectivity index (χ2n) is 7.70. The smallest absolute Gasteiger partial charge is 0.416 e. The van der Waals surface area contributed by atoms with Gasteiger partial charge in [-0.25, -0.2) is 9.18 Å². The molecule has 0 bridgehead atoms. The van der Waals surface area contributed by atoms with Gasteiger partial charge in [0.25, 0.3) is 0 Å². The number of piperidine rings is 1. The molecule has 2 aromatic carbocycles. The van der Waals surface area contributed by atoms with Crippen molar-refractivity contribution in [2.45, 2.75) is 37.6 Å². The predicted molar refractivity (Wildman–Crippen MR) is 104 cm³/mol. The second-order valence-corrected chi connectivity index (χ2v) is 7.70. The number of likely N-dealkylation sites (tertiary alicyclic amines) is 1. The molecule has 8 heteroatoms. The first-order valence-corrected chi connectivity index (χ1v) is 9.98. The molecule has 2 atom stereocenters. The monoisotopic (exact) mass is 422 g/mol. The summed E-state index contributed by atoms with van der Waals surface area (Å²) in [5.41, 5.74) is 0.0251. The van der Waals surface area contributed by atoms with Crippen LogP contribution in [0.3, 0.4) is 0 Å². The Morgan fingerprint density at radius 1 is 1.00 bits per heavy atom. The maximum absolute atomic E-state index is 13.9. The van der Waals surface area contributed by atoms with E-state index in [1.807, 2.05) is 0 Å². The number of anilines is 1. The van der Waals surface area contributed by atoms with E-state index in [9.17, 15) is 22.4 Å². The largest absolute Gasteiger partial charge is 0.442 e. The molecule has 160 valence electrons. The van der Waals surface area contributed by atoms with E-state index >= 15 is 0 Å². The maximum Gasteiger partial charge on any atom is 0.416 e. The number of ether oxygens (including phenoxy) is 1. The first-order chi connectivity index (χ1) is 14.3. The van der Waals surface area contributed by atoms with Crippen LogP contribution in [0.25, 0.3) is 0 Å². The van der Waals surface area contributed by atoms with Crippen molar-refractivity contribution in [2.75, 3.05) is 24.5 Å². The van der Waals surface area contributed by atoms with Gasteiger partial charge in [-0.3, -0.25) is 9.80 Å². The summed E-state index contributed by atoms with van der Waals surface area (Å²) in [5.74, 6) is -0.448. The molecule has 0 unspecified atom stereocenters. The van der Waals surface area contributed by atoms with Gasteiger partial charge in [-0.05, 0) is 67.9 Å². The number of nitrogens with zero attached hydrogens (tertiary/aromatic N) is 2. The van der Waals surface area contributed by atoms with Gasteiger partial charge in [0.2, 0.25) is 0 Å². The first kappa shape index (κ1) is 20.7. The Bertz CT molecular complexity index is 895. The van der Waals surface area contributed by atoms with Crippen LogP contribution >= 0.6 is 0 Å². The van der Waals surface area contributed by atoms with E-state index in [0.717, 1.165) is 44.5 Å². The number of alkyl halides is 3. The third-order valence-electron chi connectivity index (χ3n) is 5.63. The number of rotatable bonds is 4. The van der Waals surface area contributed by atoms with Gasteiger partial charge < -0.3 is 4.74 Å². The number of halogens is 4. The molecule has 30 heavy (non-hydrogen) atoms. The zero-order valence-corrected chi connectivity index (χ0v) is 16.2. The molecular formula is C22H22F4N2O2. The van der Waals surface area contributed by atoms with Gasteiger partial charge in [-0.2, -0.15) is 13.2 Å². The van der Waals surface area contributed by atoms with Gasteiger partial charge in [-0.15, -0.1) is 0 Å². The van der Waals surface area contributed by atoms with Crippen molar-refractivity contribution < 1.29 is 27.1 Å². The van der Waals surface area contributed by atoms with E-state index in [1.54, 1.807) is 12.1 Å². The van der Waals surface area contributed by atoms with E-state index in [2.05, 4.69) is 4.90 Å². The SMILES string of the molecule is O=C1O[C@@H](CN2CCCCC2)[C@H](c2cccc(F)c2)N1c1ccc(C(F)(F)F)cc1. The molecule has 4 nitrogen and oxygen atoms in total. The molecule has 0 spiro atoms. The molecule has 1 amide bonds. The minimum Gasteiger partial charge on any atom is -0.442 e. The number of hydrogen-bond acceptors (Lipinski definition) is 3. The third kappa shape index (κ3) is 4.28. The minimum absolute atomic E-state index is 0.281. The molecule has 0 saturated carbocycles. The summed E-state index contributed by atoms with van der Waals surface area (Å²) in [4.78, 5) is 16.3. The summed E-state index contributed by atoms with van der Waals surface area (Å²) < 4.78 is 58.4. The summed E-state index contributed by atoms with van der Waals surface area (Å²) in [6, 6.07) is 9.64. The molecule has 2 aromatic rings. The third-order valence-corrected chi connectivity index (χ3v) is 5.63. The second kappa shape index (κ2) is 8.26. The number of amides is 1. The highest BCUT2D eigenvalue weighted by molar-refractivity contribution is 5.91. The van der Waals surface area contributed by atoms with Crippen LogP contribution in [-0.4, -0.2) is 36.7 Å². The molecule has 2 fully saturated rings. The fourth-order valence-electron chi connectivity index (χ4n) is 4.20. The van der Waals surface area contributed by atoms with Crippen LogP contribution < -0.4 is 4.90 Å². The lowest BCUT2D eigenvalue weighted by molar-refractivity contribution is -0.137. The Hall–Kier alpha value is -2.61. The quantitative estimate of drug-likeness (QED) is 0.619. The van der Waals surface area contributed by atoms with Crippen molar-refractivity contribution in [2.24, 2.45) is 0 Å². The maximum atomic E-state index is 13.9. The molecule has 0 aliphatic carbocycles. The Morgan fingerprint density at radius 3 is 2.33 bits per heavy atom. The van der Waals surface area contributed by atoms with E-state index < -0.39 is 35.8 Å². The van der Waals surface area contributed by atoms with Crippen LogP contribution in [0.4, 0.5) is 28.0 Å². The number of hydrogen-bond donors (Lipinski definition) is 0. The summed E-state index contributed by atoms with van der Waals surface area (Å²) in [6.45, 7) is 2.28. The van der Waals surface area contributed by atoms with Crippen LogP contribution in [0, 0.1) is 5.82 Å². The molecule has 2 aliphatic rings.